The average molecular weight is 337 g/mol. The third-order valence-electron chi connectivity index (χ3n) is 5.57. The van der Waals surface area contributed by atoms with E-state index in [-0.39, 0.29) is 0 Å². The van der Waals surface area contributed by atoms with Gasteiger partial charge in [0.1, 0.15) is 0 Å². The summed E-state index contributed by atoms with van der Waals surface area (Å²) in [7, 11) is 0. The quantitative estimate of drug-likeness (QED) is 0.838. The second-order valence-electron chi connectivity index (χ2n) is 6.78. The van der Waals surface area contributed by atoms with E-state index in [2.05, 4.69) is 37.3 Å². The van der Waals surface area contributed by atoms with Crippen LogP contribution >= 0.6 is 0 Å². The minimum absolute atomic E-state index is 0.417. The fraction of sp³-hybridized carbons (Fsp3) is 0.667. The Morgan fingerprint density at radius 3 is 2.65 bits per heavy atom. The van der Waals surface area contributed by atoms with Crippen molar-refractivity contribution in [3.63, 3.8) is 0 Å². The third kappa shape index (κ3) is 2.98. The molecule has 0 saturated heterocycles. The number of benzene rings is 1. The second-order valence-corrected chi connectivity index (χ2v) is 9.07. The van der Waals surface area contributed by atoms with Crippen LogP contribution in [0.3, 0.4) is 0 Å². The van der Waals surface area contributed by atoms with Gasteiger partial charge < -0.3 is 0 Å². The van der Waals surface area contributed by atoms with E-state index in [4.69, 9.17) is 0 Å². The fourth-order valence-electron chi connectivity index (χ4n) is 4.30. The Hall–Kier alpha value is -0.301. The van der Waals surface area contributed by atoms with Crippen LogP contribution < -0.4 is 4.46 Å². The van der Waals surface area contributed by atoms with E-state index in [0.717, 1.165) is 5.92 Å². The summed E-state index contributed by atoms with van der Waals surface area (Å²) in [4.78, 5) is 0. The SMILES string of the molecule is C[C@@]1(O)[C@@H](C[Se]c2ccccc2)CC[C@H]2CCCC[C@@H]21. The first-order chi connectivity index (χ1) is 9.68. The molecule has 0 spiro atoms. The Bertz CT molecular complexity index is 428. The predicted molar refractivity (Wildman–Crippen MR) is 85.4 cm³/mol. The summed E-state index contributed by atoms with van der Waals surface area (Å²) in [6.07, 6.45) is 7.92. The normalized spacial score (nSPS) is 37.4. The van der Waals surface area contributed by atoms with Crippen LogP contribution in [0.25, 0.3) is 0 Å². The Balaban J connectivity index is 1.64. The van der Waals surface area contributed by atoms with Crippen LogP contribution in [0.15, 0.2) is 30.3 Å². The molecule has 2 fully saturated rings. The molecule has 0 aliphatic heterocycles. The summed E-state index contributed by atoms with van der Waals surface area (Å²) in [6.45, 7) is 2.14. The van der Waals surface area contributed by atoms with Gasteiger partial charge in [-0.25, -0.2) is 0 Å². The predicted octanol–water partition coefficient (Wildman–Crippen LogP) is 3.40. The molecule has 1 nitrogen and oxygen atoms in total. The van der Waals surface area contributed by atoms with Crippen molar-refractivity contribution in [1.82, 2.24) is 0 Å². The van der Waals surface area contributed by atoms with Gasteiger partial charge in [0.15, 0.2) is 0 Å². The molecule has 0 aromatic heterocycles. The first-order valence-electron chi connectivity index (χ1n) is 8.08. The number of rotatable bonds is 3. The molecule has 0 heterocycles. The molecule has 20 heavy (non-hydrogen) atoms. The Morgan fingerprint density at radius 1 is 1.10 bits per heavy atom. The zero-order chi connectivity index (χ0) is 14.0. The third-order valence-corrected chi connectivity index (χ3v) is 8.03. The molecule has 3 rings (SSSR count). The Morgan fingerprint density at radius 2 is 1.85 bits per heavy atom. The molecule has 1 aromatic carbocycles. The zero-order valence-corrected chi connectivity index (χ0v) is 14.1. The van der Waals surface area contributed by atoms with Crippen LogP contribution in [0.4, 0.5) is 0 Å². The summed E-state index contributed by atoms with van der Waals surface area (Å²) in [5.41, 5.74) is -0.417. The van der Waals surface area contributed by atoms with E-state index in [1.54, 1.807) is 0 Å². The van der Waals surface area contributed by atoms with Crippen molar-refractivity contribution in [2.75, 3.05) is 0 Å². The molecule has 4 atom stereocenters. The second kappa shape index (κ2) is 6.22. The van der Waals surface area contributed by atoms with Crippen molar-refractivity contribution in [1.29, 1.82) is 0 Å². The van der Waals surface area contributed by atoms with Gasteiger partial charge in [0.25, 0.3) is 0 Å². The molecular formula is C18H26OSe. The minimum atomic E-state index is -0.417. The molecule has 2 aliphatic carbocycles. The molecule has 0 radical (unpaired) electrons. The molecule has 0 bridgehead atoms. The summed E-state index contributed by atoms with van der Waals surface area (Å²) < 4.78 is 1.47. The van der Waals surface area contributed by atoms with Crippen LogP contribution in [-0.4, -0.2) is 25.7 Å². The van der Waals surface area contributed by atoms with E-state index in [1.165, 1.54) is 48.3 Å². The zero-order valence-electron chi connectivity index (χ0n) is 12.4. The van der Waals surface area contributed by atoms with Crippen LogP contribution in [0.1, 0.15) is 45.4 Å². The van der Waals surface area contributed by atoms with Gasteiger partial charge in [-0.15, -0.1) is 0 Å². The van der Waals surface area contributed by atoms with Crippen molar-refractivity contribution in [2.24, 2.45) is 17.8 Å². The monoisotopic (exact) mass is 338 g/mol. The summed E-state index contributed by atoms with van der Waals surface area (Å²) >= 11 is 0.511. The van der Waals surface area contributed by atoms with Crippen LogP contribution in [0.5, 0.6) is 0 Å². The summed E-state index contributed by atoms with van der Waals surface area (Å²) in [5, 5.41) is 12.3. The summed E-state index contributed by atoms with van der Waals surface area (Å²) in [6, 6.07) is 10.8. The number of aliphatic hydroxyl groups is 1. The van der Waals surface area contributed by atoms with Gasteiger partial charge in [-0.3, -0.25) is 0 Å². The standard InChI is InChI=1S/C18H26OSe/c1-18(19)15(13-20-16-8-3-2-4-9-16)12-11-14-7-5-6-10-17(14)18/h2-4,8-9,14-15,17,19H,5-7,10-13H2,1H3/t14-,15-,17+,18-/m1/s1. The van der Waals surface area contributed by atoms with E-state index in [9.17, 15) is 5.11 Å². The molecule has 0 amide bonds. The number of hydrogen-bond acceptors (Lipinski definition) is 1. The van der Waals surface area contributed by atoms with Gasteiger partial charge in [0.2, 0.25) is 0 Å². The molecule has 1 N–H and O–H groups in total. The molecule has 2 aliphatic rings. The van der Waals surface area contributed by atoms with Gasteiger partial charge in [-0.1, -0.05) is 0 Å². The van der Waals surface area contributed by atoms with E-state index in [1.807, 2.05) is 0 Å². The maximum atomic E-state index is 11.1. The fourth-order valence-corrected chi connectivity index (χ4v) is 6.92. The first kappa shape index (κ1) is 14.6. The van der Waals surface area contributed by atoms with Crippen molar-refractivity contribution >= 4 is 19.4 Å². The number of fused-ring (bicyclic) bond motifs is 1. The van der Waals surface area contributed by atoms with Gasteiger partial charge in [0, 0.05) is 0 Å². The molecule has 2 saturated carbocycles. The van der Waals surface area contributed by atoms with E-state index < -0.39 is 5.60 Å². The molecule has 2 heteroatoms. The Kier molecular flexibility index (Phi) is 4.55. The van der Waals surface area contributed by atoms with Crippen LogP contribution in [0, 0.1) is 17.8 Å². The van der Waals surface area contributed by atoms with Crippen molar-refractivity contribution in [2.45, 2.75) is 56.4 Å². The average Bonchev–Trinajstić information content (AvgIpc) is 2.48. The van der Waals surface area contributed by atoms with E-state index in [0.29, 0.717) is 26.8 Å². The molecule has 0 unspecified atom stereocenters. The molecule has 110 valence electrons. The topological polar surface area (TPSA) is 20.2 Å². The van der Waals surface area contributed by atoms with Crippen molar-refractivity contribution in [3.05, 3.63) is 30.3 Å². The van der Waals surface area contributed by atoms with Gasteiger partial charge in [0.05, 0.1) is 0 Å². The van der Waals surface area contributed by atoms with Gasteiger partial charge in [-0.2, -0.15) is 0 Å². The van der Waals surface area contributed by atoms with Crippen molar-refractivity contribution < 1.29 is 5.11 Å². The van der Waals surface area contributed by atoms with Crippen molar-refractivity contribution in [3.8, 4) is 0 Å². The van der Waals surface area contributed by atoms with E-state index >= 15 is 0 Å². The van der Waals surface area contributed by atoms with Gasteiger partial charge >= 0.3 is 129 Å². The van der Waals surface area contributed by atoms with Gasteiger partial charge in [-0.05, 0) is 0 Å². The van der Waals surface area contributed by atoms with Crippen LogP contribution in [-0.2, 0) is 0 Å². The van der Waals surface area contributed by atoms with Crippen LogP contribution in [0.2, 0.25) is 5.32 Å². The molecule has 1 aromatic rings. The molecular weight excluding hydrogens is 311 g/mol. The summed E-state index contributed by atoms with van der Waals surface area (Å²) in [5.74, 6) is 1.89. The maximum absolute atomic E-state index is 11.1. The number of hydrogen-bond donors (Lipinski definition) is 1. The first-order valence-corrected chi connectivity index (χ1v) is 10.1. The Labute approximate surface area is 129 Å².